The Labute approximate surface area is 156 Å². The molecule has 0 aliphatic carbocycles. The van der Waals surface area contributed by atoms with Crippen LogP contribution in [-0.4, -0.2) is 29.7 Å². The van der Waals surface area contributed by atoms with Gasteiger partial charge in [-0.15, -0.1) is 0 Å². The zero-order valence-corrected chi connectivity index (χ0v) is 16.7. The van der Waals surface area contributed by atoms with Crippen LogP contribution in [0.15, 0.2) is 33.8 Å². The molecule has 25 heavy (non-hydrogen) atoms. The molecule has 0 bridgehead atoms. The number of hydrogen-bond acceptors (Lipinski definition) is 5. The molecule has 0 heterocycles. The number of amides is 1. The number of carbonyl (C=O) groups is 1. The highest BCUT2D eigenvalue weighted by molar-refractivity contribution is 9.10. The first-order valence-electron chi connectivity index (χ1n) is 7.80. The van der Waals surface area contributed by atoms with Gasteiger partial charge in [0.1, 0.15) is 11.3 Å². The second-order valence-electron chi connectivity index (χ2n) is 6.66. The van der Waals surface area contributed by atoms with Crippen molar-refractivity contribution in [3.63, 3.8) is 0 Å². The first-order chi connectivity index (χ1) is 11.5. The molecule has 0 spiro atoms. The lowest BCUT2D eigenvalue weighted by Gasteiger charge is -2.20. The van der Waals surface area contributed by atoms with E-state index in [4.69, 9.17) is 4.74 Å². The summed E-state index contributed by atoms with van der Waals surface area (Å²) in [6.07, 6.45) is -0.477. The minimum atomic E-state index is -0.544. The molecule has 0 aliphatic rings. The van der Waals surface area contributed by atoms with Crippen LogP contribution in [-0.2, 0) is 4.74 Å². The molecule has 0 unspecified atom stereocenters. The first kappa shape index (κ1) is 21.0. The topological polar surface area (TPSA) is 93.5 Å². The van der Waals surface area contributed by atoms with E-state index in [1.807, 2.05) is 13.8 Å². The third-order valence-corrected chi connectivity index (χ3v) is 3.98. The van der Waals surface area contributed by atoms with E-state index in [2.05, 4.69) is 26.6 Å². The van der Waals surface area contributed by atoms with E-state index in [1.165, 1.54) is 0 Å². The van der Waals surface area contributed by atoms with E-state index in [1.54, 1.807) is 39.0 Å². The van der Waals surface area contributed by atoms with Gasteiger partial charge in [-0.3, -0.25) is 10.1 Å². The van der Waals surface area contributed by atoms with Gasteiger partial charge in [0, 0.05) is 13.1 Å². The average molecular weight is 414 g/mol. The predicted octanol–water partition coefficient (Wildman–Crippen LogP) is 4.63. The fourth-order valence-corrected chi connectivity index (χ4v) is 2.40. The Morgan fingerprint density at radius 1 is 1.24 bits per heavy atom. The molecule has 0 saturated carbocycles. The van der Waals surface area contributed by atoms with E-state index in [9.17, 15) is 14.9 Å². The summed E-state index contributed by atoms with van der Waals surface area (Å²) in [7, 11) is 0. The summed E-state index contributed by atoms with van der Waals surface area (Å²) >= 11 is 3.19. The minimum absolute atomic E-state index is 0.000155. The number of nitrogens with one attached hydrogen (secondary N) is 2. The Morgan fingerprint density at radius 2 is 1.84 bits per heavy atom. The zero-order chi connectivity index (χ0) is 19.2. The Bertz CT molecular complexity index is 681. The Kier molecular flexibility index (Phi) is 7.41. The monoisotopic (exact) mass is 413 g/mol. The molecule has 138 valence electrons. The number of rotatable bonds is 6. The smallest absolute Gasteiger partial charge is 0.407 e. The van der Waals surface area contributed by atoms with Gasteiger partial charge in [0.15, 0.2) is 0 Å². The summed E-state index contributed by atoms with van der Waals surface area (Å²) in [5.74, 6) is 0. The number of halogens is 1. The Morgan fingerprint density at radius 3 is 2.40 bits per heavy atom. The van der Waals surface area contributed by atoms with Crippen LogP contribution in [0.25, 0.3) is 0 Å². The number of alkyl carbamates (subject to hydrolysis) is 1. The molecule has 0 atom stereocenters. The first-order valence-corrected chi connectivity index (χ1v) is 8.59. The third kappa shape index (κ3) is 7.13. The second-order valence-corrected chi connectivity index (χ2v) is 7.52. The lowest BCUT2D eigenvalue weighted by molar-refractivity contribution is -0.384. The Hall–Kier alpha value is -2.09. The van der Waals surface area contributed by atoms with E-state index in [0.717, 1.165) is 11.1 Å². The van der Waals surface area contributed by atoms with E-state index < -0.39 is 16.6 Å². The van der Waals surface area contributed by atoms with Gasteiger partial charge in [-0.05, 0) is 62.7 Å². The normalized spacial score (nSPS) is 12.2. The maximum Gasteiger partial charge on any atom is 0.407 e. The third-order valence-electron chi connectivity index (χ3n) is 3.34. The van der Waals surface area contributed by atoms with Gasteiger partial charge in [0.25, 0.3) is 0 Å². The van der Waals surface area contributed by atoms with Crippen LogP contribution in [0.4, 0.5) is 16.2 Å². The van der Waals surface area contributed by atoms with Gasteiger partial charge in [0.05, 0.1) is 9.40 Å². The van der Waals surface area contributed by atoms with Gasteiger partial charge in [0.2, 0.25) is 0 Å². The number of nitrogens with zero attached hydrogens (tertiary/aromatic N) is 1. The van der Waals surface area contributed by atoms with Crippen molar-refractivity contribution < 1.29 is 14.5 Å². The number of carbonyl (C=O) groups excluding carboxylic acids is 1. The molecule has 0 saturated heterocycles. The number of para-hydroxylation sites is 1. The van der Waals surface area contributed by atoms with Crippen molar-refractivity contribution in [2.45, 2.75) is 40.2 Å². The zero-order valence-electron chi connectivity index (χ0n) is 15.1. The molecule has 0 fully saturated rings. The summed E-state index contributed by atoms with van der Waals surface area (Å²) in [5.41, 5.74) is 1.82. The number of hydrogen-bond donors (Lipinski definition) is 2. The number of nitro benzene ring substituents is 1. The van der Waals surface area contributed by atoms with Crippen LogP contribution in [0.3, 0.4) is 0 Å². The quantitative estimate of drug-likeness (QED) is 0.402. The lowest BCUT2D eigenvalue weighted by atomic mass is 10.1. The molecule has 1 rings (SSSR count). The summed E-state index contributed by atoms with van der Waals surface area (Å²) in [4.78, 5) is 22.4. The summed E-state index contributed by atoms with van der Waals surface area (Å²) in [6.45, 7) is 9.98. The molecule has 0 aliphatic heterocycles. The van der Waals surface area contributed by atoms with Gasteiger partial charge < -0.3 is 15.4 Å². The molecule has 0 aromatic heterocycles. The number of nitro groups is 1. The highest BCUT2D eigenvalue weighted by Gasteiger charge is 2.18. The number of ether oxygens (including phenoxy) is 1. The van der Waals surface area contributed by atoms with Crippen LogP contribution in [0.1, 0.15) is 34.6 Å². The maximum atomic E-state index is 11.7. The Balaban J connectivity index is 2.68. The highest BCUT2D eigenvalue weighted by atomic mass is 79.9. The SMILES string of the molecule is C/C(CNC(=O)OC(C)(C)C)=C(/C)CNc1cccc(Br)c1[N+](=O)[O-]. The molecular weight excluding hydrogens is 390 g/mol. The molecule has 8 heteroatoms. The van der Waals surface area contributed by atoms with Crippen LogP contribution in [0.2, 0.25) is 0 Å². The summed E-state index contributed by atoms with van der Waals surface area (Å²) < 4.78 is 5.61. The van der Waals surface area contributed by atoms with E-state index in [-0.39, 0.29) is 5.69 Å². The fourth-order valence-electron chi connectivity index (χ4n) is 1.89. The summed E-state index contributed by atoms with van der Waals surface area (Å²) in [5, 5.41) is 16.9. The van der Waals surface area contributed by atoms with Crippen molar-refractivity contribution in [1.82, 2.24) is 5.32 Å². The van der Waals surface area contributed by atoms with Crippen molar-refractivity contribution in [2.75, 3.05) is 18.4 Å². The second kappa shape index (κ2) is 8.84. The molecule has 2 N–H and O–H groups in total. The molecule has 1 amide bonds. The van der Waals surface area contributed by atoms with Crippen LogP contribution in [0.5, 0.6) is 0 Å². The van der Waals surface area contributed by atoms with Gasteiger partial charge in [-0.2, -0.15) is 0 Å². The number of anilines is 1. The van der Waals surface area contributed by atoms with E-state index in [0.29, 0.717) is 23.2 Å². The van der Waals surface area contributed by atoms with Crippen LogP contribution < -0.4 is 10.6 Å². The van der Waals surface area contributed by atoms with Crippen LogP contribution >= 0.6 is 15.9 Å². The lowest BCUT2D eigenvalue weighted by Crippen LogP contribution is -2.33. The predicted molar refractivity (Wildman–Crippen MR) is 102 cm³/mol. The molecule has 7 nitrogen and oxygen atoms in total. The van der Waals surface area contributed by atoms with Crippen molar-refractivity contribution in [3.05, 3.63) is 43.9 Å². The average Bonchev–Trinajstić information content (AvgIpc) is 2.48. The highest BCUT2D eigenvalue weighted by Crippen LogP contribution is 2.32. The van der Waals surface area contributed by atoms with Crippen molar-refractivity contribution in [2.24, 2.45) is 0 Å². The van der Waals surface area contributed by atoms with Crippen molar-refractivity contribution in [3.8, 4) is 0 Å². The standard InChI is InChI=1S/C17H24BrN3O4/c1-11(12(2)10-20-16(22)25-17(3,4)5)9-19-14-8-6-7-13(18)15(14)21(23)24/h6-8,19H,9-10H2,1-5H3,(H,20,22)/b12-11+. The number of benzene rings is 1. The molecule has 1 aromatic rings. The van der Waals surface area contributed by atoms with E-state index >= 15 is 0 Å². The molecule has 1 aromatic carbocycles. The van der Waals surface area contributed by atoms with Crippen LogP contribution in [0, 0.1) is 10.1 Å². The molecular formula is C17H24BrN3O4. The van der Waals surface area contributed by atoms with Gasteiger partial charge in [-0.1, -0.05) is 17.2 Å². The largest absolute Gasteiger partial charge is 0.444 e. The van der Waals surface area contributed by atoms with Crippen molar-refractivity contribution in [1.29, 1.82) is 0 Å². The molecule has 0 radical (unpaired) electrons. The van der Waals surface area contributed by atoms with Gasteiger partial charge >= 0.3 is 11.8 Å². The van der Waals surface area contributed by atoms with Crippen molar-refractivity contribution >= 4 is 33.4 Å². The summed E-state index contributed by atoms with van der Waals surface area (Å²) in [6, 6.07) is 5.02. The fraction of sp³-hybridized carbons (Fsp3) is 0.471. The maximum absolute atomic E-state index is 11.7. The minimum Gasteiger partial charge on any atom is -0.444 e. The van der Waals surface area contributed by atoms with Gasteiger partial charge in [-0.25, -0.2) is 4.79 Å².